The predicted molar refractivity (Wildman–Crippen MR) is 98.7 cm³/mol. The molecule has 0 bridgehead atoms. The molecule has 3 rings (SSSR count). The van der Waals surface area contributed by atoms with Crippen molar-refractivity contribution in [1.82, 2.24) is 5.16 Å². The van der Waals surface area contributed by atoms with Crippen LogP contribution in [0.4, 0.5) is 5.00 Å². The lowest BCUT2D eigenvalue weighted by molar-refractivity contribution is -0.152. The Labute approximate surface area is 160 Å². The van der Waals surface area contributed by atoms with Crippen LogP contribution in [0.3, 0.4) is 0 Å². The van der Waals surface area contributed by atoms with Gasteiger partial charge in [0.1, 0.15) is 10.8 Å². The van der Waals surface area contributed by atoms with Crippen LogP contribution >= 0.6 is 11.3 Å². The fraction of sp³-hybridized carbons (Fsp3) is 0.444. The van der Waals surface area contributed by atoms with Crippen LogP contribution < -0.4 is 11.1 Å². The highest BCUT2D eigenvalue weighted by atomic mass is 32.1. The van der Waals surface area contributed by atoms with E-state index in [2.05, 4.69) is 10.5 Å². The van der Waals surface area contributed by atoms with Gasteiger partial charge in [-0.05, 0) is 45.6 Å². The van der Waals surface area contributed by atoms with E-state index < -0.39 is 23.9 Å². The van der Waals surface area contributed by atoms with Gasteiger partial charge < -0.3 is 20.3 Å². The lowest BCUT2D eigenvalue weighted by Crippen LogP contribution is -2.31. The number of hydrogen-bond acceptors (Lipinski definition) is 7. The predicted octanol–water partition coefficient (Wildman–Crippen LogP) is 2.05. The second kappa shape index (κ2) is 7.51. The fourth-order valence-electron chi connectivity index (χ4n) is 3.16. The molecular formula is C18H21N3O5S. The number of esters is 1. The zero-order valence-electron chi connectivity index (χ0n) is 15.4. The molecule has 0 fully saturated rings. The van der Waals surface area contributed by atoms with Crippen molar-refractivity contribution in [3.05, 3.63) is 33.0 Å². The molecule has 0 aliphatic heterocycles. The highest BCUT2D eigenvalue weighted by Gasteiger charge is 2.28. The number of aryl methyl sites for hydroxylation is 3. The highest BCUT2D eigenvalue weighted by molar-refractivity contribution is 7.17. The van der Waals surface area contributed by atoms with Crippen molar-refractivity contribution >= 4 is 34.1 Å². The van der Waals surface area contributed by atoms with Crippen LogP contribution in [0.5, 0.6) is 0 Å². The number of aromatic nitrogens is 1. The van der Waals surface area contributed by atoms with E-state index in [-0.39, 0.29) is 6.42 Å². The lowest BCUT2D eigenvalue weighted by atomic mass is 10.1. The van der Waals surface area contributed by atoms with Crippen LogP contribution in [-0.2, 0) is 33.6 Å². The summed E-state index contributed by atoms with van der Waals surface area (Å²) in [5.74, 6) is -1.09. The minimum Gasteiger partial charge on any atom is -0.452 e. The van der Waals surface area contributed by atoms with Crippen molar-refractivity contribution in [2.24, 2.45) is 5.73 Å². The third kappa shape index (κ3) is 3.87. The highest BCUT2D eigenvalue weighted by Crippen LogP contribution is 2.38. The molecule has 2 aromatic heterocycles. The van der Waals surface area contributed by atoms with Crippen LogP contribution in [-0.4, -0.2) is 29.0 Å². The van der Waals surface area contributed by atoms with Crippen LogP contribution in [0.1, 0.15) is 51.2 Å². The third-order valence-corrected chi connectivity index (χ3v) is 5.79. The van der Waals surface area contributed by atoms with Gasteiger partial charge >= 0.3 is 5.97 Å². The third-order valence-electron chi connectivity index (χ3n) is 4.58. The number of anilines is 1. The van der Waals surface area contributed by atoms with E-state index in [0.717, 1.165) is 29.7 Å². The minimum absolute atomic E-state index is 0.0291. The molecule has 27 heavy (non-hydrogen) atoms. The van der Waals surface area contributed by atoms with E-state index in [1.807, 2.05) is 0 Å². The molecule has 1 atom stereocenters. The Kier molecular flexibility index (Phi) is 5.31. The minimum atomic E-state index is -1.02. The number of carbonyl (C=O) groups is 3. The molecule has 9 heteroatoms. The maximum atomic E-state index is 12.4. The topological polar surface area (TPSA) is 125 Å². The first kappa shape index (κ1) is 19.1. The maximum absolute atomic E-state index is 12.4. The standard InChI is InChI=1S/C18H21N3O5S/c1-8-12(9(2)26-21-8)7-14(22)25-10(3)17(24)20-18-15(16(19)23)11-5-4-6-13(11)27-18/h10H,4-7H2,1-3H3,(H2,19,23)(H,20,24). The van der Waals surface area contributed by atoms with Crippen molar-refractivity contribution in [2.45, 2.75) is 52.6 Å². The molecule has 1 unspecified atom stereocenters. The van der Waals surface area contributed by atoms with Crippen LogP contribution in [0.25, 0.3) is 0 Å². The molecule has 0 saturated carbocycles. The molecular weight excluding hydrogens is 370 g/mol. The summed E-state index contributed by atoms with van der Waals surface area (Å²) in [6.07, 6.45) is 1.58. The molecule has 1 aliphatic rings. The summed E-state index contributed by atoms with van der Waals surface area (Å²) in [6, 6.07) is 0. The Morgan fingerprint density at radius 3 is 2.70 bits per heavy atom. The molecule has 0 saturated heterocycles. The molecule has 2 amide bonds. The van der Waals surface area contributed by atoms with Gasteiger partial charge in [-0.3, -0.25) is 14.4 Å². The van der Waals surface area contributed by atoms with E-state index in [0.29, 0.717) is 27.6 Å². The summed E-state index contributed by atoms with van der Waals surface area (Å²) >= 11 is 1.36. The molecule has 2 heterocycles. The molecule has 144 valence electrons. The van der Waals surface area contributed by atoms with E-state index in [1.165, 1.54) is 18.3 Å². The largest absolute Gasteiger partial charge is 0.452 e. The Bertz CT molecular complexity index is 895. The smallest absolute Gasteiger partial charge is 0.311 e. The van der Waals surface area contributed by atoms with Crippen LogP contribution in [0.2, 0.25) is 0 Å². The number of rotatable bonds is 6. The van der Waals surface area contributed by atoms with Crippen LogP contribution in [0.15, 0.2) is 4.52 Å². The van der Waals surface area contributed by atoms with Gasteiger partial charge in [-0.1, -0.05) is 5.16 Å². The monoisotopic (exact) mass is 391 g/mol. The SMILES string of the molecule is Cc1noc(C)c1CC(=O)OC(C)C(=O)Nc1sc2c(c1C(N)=O)CCC2. The van der Waals surface area contributed by atoms with Gasteiger partial charge in [0.2, 0.25) is 0 Å². The summed E-state index contributed by atoms with van der Waals surface area (Å²) < 4.78 is 10.2. The van der Waals surface area contributed by atoms with Gasteiger partial charge in [0.15, 0.2) is 6.10 Å². The second-order valence-corrected chi connectivity index (χ2v) is 7.63. The number of nitrogens with two attached hydrogens (primary N) is 1. The van der Waals surface area contributed by atoms with Crippen molar-refractivity contribution in [1.29, 1.82) is 0 Å². The van der Waals surface area contributed by atoms with Crippen molar-refractivity contribution < 1.29 is 23.6 Å². The molecule has 0 radical (unpaired) electrons. The Morgan fingerprint density at radius 1 is 1.33 bits per heavy atom. The molecule has 2 aromatic rings. The van der Waals surface area contributed by atoms with E-state index in [4.69, 9.17) is 15.0 Å². The summed E-state index contributed by atoms with van der Waals surface area (Å²) in [5, 5.41) is 6.89. The van der Waals surface area contributed by atoms with Gasteiger partial charge in [-0.2, -0.15) is 0 Å². The van der Waals surface area contributed by atoms with Crippen molar-refractivity contribution in [3.63, 3.8) is 0 Å². The molecule has 3 N–H and O–H groups in total. The van der Waals surface area contributed by atoms with E-state index in [9.17, 15) is 14.4 Å². The average Bonchev–Trinajstić information content (AvgIpc) is 3.24. The molecule has 8 nitrogen and oxygen atoms in total. The zero-order chi connectivity index (χ0) is 19.7. The number of amides is 2. The Morgan fingerprint density at radius 2 is 2.07 bits per heavy atom. The average molecular weight is 391 g/mol. The van der Waals surface area contributed by atoms with Crippen molar-refractivity contribution in [2.75, 3.05) is 5.32 Å². The van der Waals surface area contributed by atoms with Crippen molar-refractivity contribution in [3.8, 4) is 0 Å². The summed E-state index contributed by atoms with van der Waals surface area (Å²) in [4.78, 5) is 37.4. The van der Waals surface area contributed by atoms with Crippen LogP contribution in [0, 0.1) is 13.8 Å². The number of nitrogens with one attached hydrogen (secondary N) is 1. The lowest BCUT2D eigenvalue weighted by Gasteiger charge is -2.13. The van der Waals surface area contributed by atoms with Gasteiger partial charge in [0.05, 0.1) is 17.7 Å². The van der Waals surface area contributed by atoms with E-state index >= 15 is 0 Å². The number of ether oxygens (including phenoxy) is 1. The molecule has 1 aliphatic carbocycles. The number of fused-ring (bicyclic) bond motifs is 1. The number of carbonyl (C=O) groups excluding carboxylic acids is 3. The first-order valence-corrected chi connectivity index (χ1v) is 9.46. The Hall–Kier alpha value is -2.68. The first-order chi connectivity index (χ1) is 12.8. The van der Waals surface area contributed by atoms with Gasteiger partial charge in [0.25, 0.3) is 11.8 Å². The quantitative estimate of drug-likeness (QED) is 0.726. The zero-order valence-corrected chi connectivity index (χ0v) is 16.2. The number of hydrogen-bond donors (Lipinski definition) is 2. The van der Waals surface area contributed by atoms with Gasteiger partial charge in [-0.15, -0.1) is 11.3 Å². The number of primary amides is 1. The summed E-state index contributed by atoms with van der Waals surface area (Å²) in [7, 11) is 0. The maximum Gasteiger partial charge on any atom is 0.311 e. The first-order valence-electron chi connectivity index (χ1n) is 8.64. The normalized spacial score (nSPS) is 13.9. The second-order valence-electron chi connectivity index (χ2n) is 6.53. The van der Waals surface area contributed by atoms with Gasteiger partial charge in [0, 0.05) is 10.4 Å². The summed E-state index contributed by atoms with van der Waals surface area (Å²) in [6.45, 7) is 4.92. The summed E-state index contributed by atoms with van der Waals surface area (Å²) in [5.41, 5.74) is 8.04. The molecule has 0 aromatic carbocycles. The number of thiophene rings is 1. The molecule has 0 spiro atoms. The van der Waals surface area contributed by atoms with E-state index in [1.54, 1.807) is 13.8 Å². The number of nitrogens with zero attached hydrogens (tertiary/aromatic N) is 1. The fourth-order valence-corrected chi connectivity index (χ4v) is 4.46. The Balaban J connectivity index is 1.65. The van der Waals surface area contributed by atoms with Gasteiger partial charge in [-0.25, -0.2) is 0 Å².